The number of para-hydroxylation sites is 1. The van der Waals surface area contributed by atoms with Crippen LogP contribution in [0.2, 0.25) is 0 Å². The standard InChI is InChI=1S/C17H18N6O2/c18-14(24)10-6-7-11(8-10)20-17-21-15-13(16(25)22-17)9-19-23(15)12-4-2-1-3-5-12/h1-5,9-11H,6-8H2,(H2,18,24)(H2,20,21,22,25)/t10-,11+/m1/s1. The number of aromatic amines is 1. The molecule has 0 spiro atoms. The van der Waals surface area contributed by atoms with E-state index in [1.165, 1.54) is 6.20 Å². The predicted octanol–water partition coefficient (Wildman–Crippen LogP) is 1.17. The first-order chi connectivity index (χ1) is 12.1. The van der Waals surface area contributed by atoms with Gasteiger partial charge < -0.3 is 11.1 Å². The molecule has 1 amide bonds. The Kier molecular flexibility index (Phi) is 3.72. The molecule has 1 fully saturated rings. The van der Waals surface area contributed by atoms with Crippen LogP contribution in [0.15, 0.2) is 41.3 Å². The molecule has 1 saturated carbocycles. The molecule has 0 saturated heterocycles. The molecule has 4 rings (SSSR count). The van der Waals surface area contributed by atoms with Gasteiger partial charge in [0.15, 0.2) is 5.65 Å². The molecule has 0 unspecified atom stereocenters. The average Bonchev–Trinajstić information content (AvgIpc) is 3.23. The van der Waals surface area contributed by atoms with Crippen molar-refractivity contribution < 1.29 is 4.79 Å². The lowest BCUT2D eigenvalue weighted by Crippen LogP contribution is -2.24. The van der Waals surface area contributed by atoms with E-state index in [1.54, 1.807) is 4.68 Å². The molecule has 2 atom stereocenters. The molecule has 3 aromatic rings. The highest BCUT2D eigenvalue weighted by molar-refractivity contribution is 5.77. The molecule has 128 valence electrons. The van der Waals surface area contributed by atoms with Crippen molar-refractivity contribution >= 4 is 22.9 Å². The van der Waals surface area contributed by atoms with Crippen molar-refractivity contribution in [1.82, 2.24) is 19.7 Å². The van der Waals surface area contributed by atoms with Gasteiger partial charge in [0, 0.05) is 12.0 Å². The van der Waals surface area contributed by atoms with E-state index in [9.17, 15) is 9.59 Å². The first kappa shape index (κ1) is 15.4. The van der Waals surface area contributed by atoms with Crippen LogP contribution in [0.1, 0.15) is 19.3 Å². The molecule has 4 N–H and O–H groups in total. The molecule has 1 aromatic carbocycles. The molecular formula is C17H18N6O2. The number of hydrogen-bond acceptors (Lipinski definition) is 5. The number of carbonyl (C=O) groups excluding carboxylic acids is 1. The molecule has 1 aliphatic rings. The maximum absolute atomic E-state index is 12.3. The predicted molar refractivity (Wildman–Crippen MR) is 93.4 cm³/mol. The summed E-state index contributed by atoms with van der Waals surface area (Å²) in [6, 6.07) is 9.58. The van der Waals surface area contributed by atoms with Crippen LogP contribution < -0.4 is 16.6 Å². The van der Waals surface area contributed by atoms with Crippen LogP contribution in [-0.4, -0.2) is 31.7 Å². The van der Waals surface area contributed by atoms with Gasteiger partial charge in [-0.1, -0.05) is 18.2 Å². The zero-order valence-corrected chi connectivity index (χ0v) is 13.5. The van der Waals surface area contributed by atoms with Crippen molar-refractivity contribution in [2.24, 2.45) is 11.7 Å². The van der Waals surface area contributed by atoms with E-state index in [1.807, 2.05) is 30.3 Å². The summed E-state index contributed by atoms with van der Waals surface area (Å²) in [5.74, 6) is -0.0172. The number of carbonyl (C=O) groups is 1. The number of H-pyrrole nitrogens is 1. The van der Waals surface area contributed by atoms with Gasteiger partial charge in [-0.05, 0) is 31.4 Å². The lowest BCUT2D eigenvalue weighted by molar-refractivity contribution is -0.121. The van der Waals surface area contributed by atoms with Gasteiger partial charge in [0.25, 0.3) is 5.56 Å². The number of fused-ring (bicyclic) bond motifs is 1. The maximum atomic E-state index is 12.3. The fourth-order valence-corrected chi connectivity index (χ4v) is 3.31. The van der Waals surface area contributed by atoms with Crippen LogP contribution in [0.4, 0.5) is 5.95 Å². The Hall–Kier alpha value is -3.16. The molecule has 25 heavy (non-hydrogen) atoms. The third-order valence-electron chi connectivity index (χ3n) is 4.61. The summed E-state index contributed by atoms with van der Waals surface area (Å²) >= 11 is 0. The Labute approximate surface area is 143 Å². The third-order valence-corrected chi connectivity index (χ3v) is 4.61. The molecule has 1 aliphatic carbocycles. The number of nitrogens with zero attached hydrogens (tertiary/aromatic N) is 3. The summed E-state index contributed by atoms with van der Waals surface area (Å²) in [6.07, 6.45) is 3.72. The fraction of sp³-hybridized carbons (Fsp3) is 0.294. The van der Waals surface area contributed by atoms with Gasteiger partial charge in [-0.25, -0.2) is 4.68 Å². The number of primary amides is 1. The van der Waals surface area contributed by atoms with E-state index in [2.05, 4.69) is 20.4 Å². The minimum Gasteiger partial charge on any atom is -0.369 e. The van der Waals surface area contributed by atoms with Crippen LogP contribution in [0.5, 0.6) is 0 Å². The minimum atomic E-state index is -0.275. The second kappa shape index (κ2) is 6.04. The molecular weight excluding hydrogens is 320 g/mol. The first-order valence-corrected chi connectivity index (χ1v) is 8.21. The SMILES string of the molecule is NC(=O)[C@@H]1CC[C@H](Nc2nc3c(cnn3-c3ccccc3)c(=O)[nH]2)C1. The smallest absolute Gasteiger partial charge is 0.263 e. The van der Waals surface area contributed by atoms with E-state index in [-0.39, 0.29) is 23.4 Å². The highest BCUT2D eigenvalue weighted by Gasteiger charge is 2.28. The largest absolute Gasteiger partial charge is 0.369 e. The van der Waals surface area contributed by atoms with E-state index in [0.29, 0.717) is 23.4 Å². The van der Waals surface area contributed by atoms with Gasteiger partial charge in [-0.3, -0.25) is 14.6 Å². The zero-order chi connectivity index (χ0) is 17.4. The van der Waals surface area contributed by atoms with Crippen molar-refractivity contribution in [3.05, 3.63) is 46.9 Å². The summed E-state index contributed by atoms with van der Waals surface area (Å²) < 4.78 is 1.64. The van der Waals surface area contributed by atoms with Crippen molar-refractivity contribution in [3.63, 3.8) is 0 Å². The molecule has 0 aliphatic heterocycles. The lowest BCUT2D eigenvalue weighted by Gasteiger charge is -2.13. The number of anilines is 1. The van der Waals surface area contributed by atoms with Gasteiger partial charge in [-0.2, -0.15) is 10.1 Å². The Balaban J connectivity index is 1.67. The molecule has 2 heterocycles. The van der Waals surface area contributed by atoms with Crippen molar-refractivity contribution in [2.45, 2.75) is 25.3 Å². The van der Waals surface area contributed by atoms with Crippen LogP contribution in [0, 0.1) is 5.92 Å². The molecule has 2 aromatic heterocycles. The minimum absolute atomic E-state index is 0.0613. The number of hydrogen-bond donors (Lipinski definition) is 3. The van der Waals surface area contributed by atoms with Gasteiger partial charge in [-0.15, -0.1) is 0 Å². The van der Waals surface area contributed by atoms with Gasteiger partial charge in [0.1, 0.15) is 5.39 Å². The quantitative estimate of drug-likeness (QED) is 0.660. The number of nitrogens with one attached hydrogen (secondary N) is 2. The third kappa shape index (κ3) is 2.86. The van der Waals surface area contributed by atoms with Gasteiger partial charge in [0.2, 0.25) is 11.9 Å². The highest BCUT2D eigenvalue weighted by Crippen LogP contribution is 2.27. The van der Waals surface area contributed by atoms with Crippen LogP contribution in [0.3, 0.4) is 0 Å². The fourth-order valence-electron chi connectivity index (χ4n) is 3.31. The topological polar surface area (TPSA) is 119 Å². The second-order valence-corrected chi connectivity index (χ2v) is 6.30. The maximum Gasteiger partial charge on any atom is 0.263 e. The number of aromatic nitrogens is 4. The summed E-state index contributed by atoms with van der Waals surface area (Å²) in [7, 11) is 0. The number of nitrogens with two attached hydrogens (primary N) is 1. The van der Waals surface area contributed by atoms with Crippen LogP contribution >= 0.6 is 0 Å². The van der Waals surface area contributed by atoms with E-state index >= 15 is 0 Å². The molecule has 8 heteroatoms. The van der Waals surface area contributed by atoms with Gasteiger partial charge >= 0.3 is 0 Å². The monoisotopic (exact) mass is 338 g/mol. The Morgan fingerprint density at radius 1 is 1.28 bits per heavy atom. The zero-order valence-electron chi connectivity index (χ0n) is 13.5. The van der Waals surface area contributed by atoms with Crippen molar-refractivity contribution in [1.29, 1.82) is 0 Å². The second-order valence-electron chi connectivity index (χ2n) is 6.30. The molecule has 0 radical (unpaired) electrons. The summed E-state index contributed by atoms with van der Waals surface area (Å²) in [6.45, 7) is 0. The van der Waals surface area contributed by atoms with E-state index in [4.69, 9.17) is 5.73 Å². The van der Waals surface area contributed by atoms with Crippen LogP contribution in [-0.2, 0) is 4.79 Å². The van der Waals surface area contributed by atoms with Gasteiger partial charge in [0.05, 0.1) is 11.9 Å². The number of benzene rings is 1. The molecule has 0 bridgehead atoms. The van der Waals surface area contributed by atoms with Crippen molar-refractivity contribution in [2.75, 3.05) is 5.32 Å². The summed E-state index contributed by atoms with van der Waals surface area (Å²) in [5, 5.41) is 7.92. The Morgan fingerprint density at radius 2 is 2.08 bits per heavy atom. The first-order valence-electron chi connectivity index (χ1n) is 8.21. The average molecular weight is 338 g/mol. The number of rotatable bonds is 4. The lowest BCUT2D eigenvalue weighted by atomic mass is 10.1. The van der Waals surface area contributed by atoms with Crippen LogP contribution in [0.25, 0.3) is 16.7 Å². The van der Waals surface area contributed by atoms with Crippen molar-refractivity contribution in [3.8, 4) is 5.69 Å². The normalized spacial score (nSPS) is 20.0. The number of amides is 1. The summed E-state index contributed by atoms with van der Waals surface area (Å²) in [4.78, 5) is 30.9. The Morgan fingerprint density at radius 3 is 2.80 bits per heavy atom. The van der Waals surface area contributed by atoms with E-state index < -0.39 is 0 Å². The summed E-state index contributed by atoms with van der Waals surface area (Å²) in [5.41, 5.74) is 6.44. The Bertz CT molecular complexity index is 978. The van der Waals surface area contributed by atoms with E-state index in [0.717, 1.165) is 18.5 Å². The highest BCUT2D eigenvalue weighted by atomic mass is 16.1. The molecule has 8 nitrogen and oxygen atoms in total.